The van der Waals surface area contributed by atoms with Gasteiger partial charge in [-0.1, -0.05) is 6.92 Å². The Labute approximate surface area is 92.6 Å². The molecule has 0 saturated heterocycles. The van der Waals surface area contributed by atoms with Crippen molar-refractivity contribution in [3.63, 3.8) is 0 Å². The van der Waals surface area contributed by atoms with E-state index < -0.39 is 0 Å². The first-order valence-corrected chi connectivity index (χ1v) is 6.38. The van der Waals surface area contributed by atoms with Crippen molar-refractivity contribution in [2.45, 2.75) is 57.2 Å². The smallest absolute Gasteiger partial charge is 0.0602 e. The lowest BCUT2D eigenvalue weighted by molar-refractivity contribution is 0.0915. The van der Waals surface area contributed by atoms with Gasteiger partial charge in [-0.05, 0) is 38.0 Å². The molecule has 0 bridgehead atoms. The molecular weight excluding hydrogens is 188 g/mol. The van der Waals surface area contributed by atoms with Crippen LogP contribution in [0.15, 0.2) is 0 Å². The van der Waals surface area contributed by atoms with E-state index in [-0.39, 0.29) is 18.7 Å². The first-order chi connectivity index (χ1) is 7.26. The summed E-state index contributed by atoms with van der Waals surface area (Å²) in [4.78, 5) is 2.49. The number of nitrogens with two attached hydrogens (primary N) is 1. The maximum Gasteiger partial charge on any atom is 0.0602 e. The average molecular weight is 212 g/mol. The fraction of sp³-hybridized carbons (Fsp3) is 1.00. The molecule has 2 atom stereocenters. The van der Waals surface area contributed by atoms with Gasteiger partial charge in [-0.3, -0.25) is 4.90 Å². The topological polar surface area (TPSA) is 49.5 Å². The Bertz CT molecular complexity index is 202. The van der Waals surface area contributed by atoms with E-state index >= 15 is 0 Å². The van der Waals surface area contributed by atoms with Crippen LogP contribution in [-0.2, 0) is 0 Å². The van der Waals surface area contributed by atoms with Crippen molar-refractivity contribution in [3.05, 3.63) is 0 Å². The van der Waals surface area contributed by atoms with Crippen LogP contribution in [0.4, 0.5) is 0 Å². The van der Waals surface area contributed by atoms with Gasteiger partial charge in [0.2, 0.25) is 0 Å². The number of aliphatic hydroxyl groups is 1. The summed E-state index contributed by atoms with van der Waals surface area (Å²) in [5.41, 5.74) is 6.09. The number of nitrogens with zero attached hydrogens (tertiary/aromatic N) is 1. The molecule has 3 N–H and O–H groups in total. The third-order valence-corrected chi connectivity index (χ3v) is 3.76. The van der Waals surface area contributed by atoms with Crippen LogP contribution >= 0.6 is 0 Å². The van der Waals surface area contributed by atoms with Crippen LogP contribution in [0.2, 0.25) is 0 Å². The molecular formula is C12H24N2O. The molecule has 2 fully saturated rings. The largest absolute Gasteiger partial charge is 0.395 e. The first-order valence-electron chi connectivity index (χ1n) is 6.38. The Morgan fingerprint density at radius 3 is 2.40 bits per heavy atom. The summed E-state index contributed by atoms with van der Waals surface area (Å²) in [5.74, 6) is 0.892. The molecule has 0 aromatic rings. The molecule has 3 nitrogen and oxygen atoms in total. The Kier molecular flexibility index (Phi) is 3.65. The van der Waals surface area contributed by atoms with E-state index in [2.05, 4.69) is 11.8 Å². The molecule has 3 heteroatoms. The van der Waals surface area contributed by atoms with E-state index in [4.69, 9.17) is 5.73 Å². The van der Waals surface area contributed by atoms with E-state index in [9.17, 15) is 5.11 Å². The van der Waals surface area contributed by atoms with Crippen molar-refractivity contribution in [1.29, 1.82) is 0 Å². The highest BCUT2D eigenvalue weighted by Gasteiger charge is 2.38. The van der Waals surface area contributed by atoms with Crippen molar-refractivity contribution in [1.82, 2.24) is 4.90 Å². The number of aliphatic hydroxyl groups excluding tert-OH is 1. The number of hydrogen-bond donors (Lipinski definition) is 2. The van der Waals surface area contributed by atoms with Gasteiger partial charge in [-0.25, -0.2) is 0 Å². The minimum Gasteiger partial charge on any atom is -0.395 e. The van der Waals surface area contributed by atoms with Gasteiger partial charge in [0, 0.05) is 24.7 Å². The SMILES string of the molecule is CCC(N)C(CO)N(CC1CC1)C1CC1. The summed E-state index contributed by atoms with van der Waals surface area (Å²) < 4.78 is 0. The zero-order valence-corrected chi connectivity index (χ0v) is 9.73. The highest BCUT2D eigenvalue weighted by atomic mass is 16.3. The van der Waals surface area contributed by atoms with Gasteiger partial charge < -0.3 is 10.8 Å². The van der Waals surface area contributed by atoms with Crippen molar-refractivity contribution in [2.75, 3.05) is 13.2 Å². The van der Waals surface area contributed by atoms with E-state index in [1.807, 2.05) is 0 Å². The Balaban J connectivity index is 1.92. The van der Waals surface area contributed by atoms with Crippen molar-refractivity contribution >= 4 is 0 Å². The first kappa shape index (κ1) is 11.4. The second kappa shape index (κ2) is 4.81. The van der Waals surface area contributed by atoms with Gasteiger partial charge in [-0.2, -0.15) is 0 Å². The zero-order valence-electron chi connectivity index (χ0n) is 9.73. The quantitative estimate of drug-likeness (QED) is 0.661. The second-order valence-corrected chi connectivity index (χ2v) is 5.19. The molecule has 15 heavy (non-hydrogen) atoms. The van der Waals surface area contributed by atoms with E-state index in [1.165, 1.54) is 32.2 Å². The highest BCUT2D eigenvalue weighted by Crippen LogP contribution is 2.36. The maximum absolute atomic E-state index is 9.49. The molecule has 2 rings (SSSR count). The fourth-order valence-corrected chi connectivity index (χ4v) is 2.32. The summed E-state index contributed by atoms with van der Waals surface area (Å²) in [7, 11) is 0. The van der Waals surface area contributed by atoms with Crippen molar-refractivity contribution in [2.24, 2.45) is 11.7 Å². The normalized spacial score (nSPS) is 25.6. The summed E-state index contributed by atoms with van der Waals surface area (Å²) in [6, 6.07) is 1.05. The molecule has 2 aliphatic carbocycles. The molecule has 0 amide bonds. The second-order valence-electron chi connectivity index (χ2n) is 5.19. The molecule has 2 unspecified atom stereocenters. The molecule has 0 heterocycles. The van der Waals surface area contributed by atoms with Crippen LogP contribution in [0, 0.1) is 5.92 Å². The van der Waals surface area contributed by atoms with E-state index in [1.54, 1.807) is 0 Å². The molecule has 88 valence electrons. The highest BCUT2D eigenvalue weighted by molar-refractivity contribution is 4.94. The van der Waals surface area contributed by atoms with Crippen molar-refractivity contribution in [3.8, 4) is 0 Å². The van der Waals surface area contributed by atoms with Crippen LogP contribution in [0.25, 0.3) is 0 Å². The zero-order chi connectivity index (χ0) is 10.8. The molecule has 0 aromatic heterocycles. The maximum atomic E-state index is 9.49. The summed E-state index contributed by atoms with van der Waals surface area (Å²) in [6.45, 7) is 3.50. The van der Waals surface area contributed by atoms with Gasteiger partial charge >= 0.3 is 0 Å². The summed E-state index contributed by atoms with van der Waals surface area (Å²) in [5, 5.41) is 9.49. The minimum absolute atomic E-state index is 0.134. The lowest BCUT2D eigenvalue weighted by atomic mass is 10.0. The predicted molar refractivity (Wildman–Crippen MR) is 61.6 cm³/mol. The molecule has 0 aliphatic heterocycles. The summed E-state index contributed by atoms with van der Waals surface area (Å²) >= 11 is 0. The van der Waals surface area contributed by atoms with E-state index in [0.717, 1.165) is 18.4 Å². The van der Waals surface area contributed by atoms with Crippen LogP contribution in [0.5, 0.6) is 0 Å². The average Bonchev–Trinajstić information content (AvgIpc) is 3.09. The number of rotatable bonds is 7. The Hall–Kier alpha value is -0.120. The third-order valence-electron chi connectivity index (χ3n) is 3.76. The predicted octanol–water partition coefficient (Wildman–Crippen LogP) is 0.959. The van der Waals surface area contributed by atoms with Gasteiger partial charge in [0.15, 0.2) is 0 Å². The lowest BCUT2D eigenvalue weighted by Crippen LogP contribution is -2.51. The molecule has 2 saturated carbocycles. The van der Waals surface area contributed by atoms with E-state index in [0.29, 0.717) is 0 Å². The standard InChI is InChI=1S/C12H24N2O/c1-2-11(13)12(8-15)14(10-5-6-10)7-9-3-4-9/h9-12,15H,2-8,13H2,1H3. The Morgan fingerprint density at radius 1 is 1.33 bits per heavy atom. The van der Waals surface area contributed by atoms with Crippen LogP contribution in [0.1, 0.15) is 39.0 Å². The minimum atomic E-state index is 0.134. The van der Waals surface area contributed by atoms with Crippen LogP contribution in [0.3, 0.4) is 0 Å². The summed E-state index contributed by atoms with van der Waals surface area (Å²) in [6.07, 6.45) is 6.32. The number of hydrogen-bond acceptors (Lipinski definition) is 3. The van der Waals surface area contributed by atoms with Crippen molar-refractivity contribution < 1.29 is 5.11 Å². The lowest BCUT2D eigenvalue weighted by Gasteiger charge is -2.34. The third kappa shape index (κ3) is 2.92. The van der Waals surface area contributed by atoms with Gasteiger partial charge in [-0.15, -0.1) is 0 Å². The molecule has 2 aliphatic rings. The molecule has 0 spiro atoms. The fourth-order valence-electron chi connectivity index (χ4n) is 2.32. The Morgan fingerprint density at radius 2 is 2.00 bits per heavy atom. The van der Waals surface area contributed by atoms with Crippen LogP contribution in [-0.4, -0.2) is 41.3 Å². The van der Waals surface area contributed by atoms with Crippen LogP contribution < -0.4 is 5.73 Å². The molecule has 0 radical (unpaired) electrons. The molecule has 0 aromatic carbocycles. The van der Waals surface area contributed by atoms with Gasteiger partial charge in [0.1, 0.15) is 0 Å². The monoisotopic (exact) mass is 212 g/mol. The van der Waals surface area contributed by atoms with Gasteiger partial charge in [0.05, 0.1) is 6.61 Å². The van der Waals surface area contributed by atoms with Gasteiger partial charge in [0.25, 0.3) is 0 Å².